The van der Waals surface area contributed by atoms with Crippen molar-refractivity contribution < 1.29 is 4.79 Å². The van der Waals surface area contributed by atoms with Gasteiger partial charge in [0.25, 0.3) is 0 Å². The monoisotopic (exact) mass is 474 g/mol. The minimum atomic E-state index is -0.0389. The first-order valence-corrected chi connectivity index (χ1v) is 12.1. The van der Waals surface area contributed by atoms with Crippen molar-refractivity contribution in [3.63, 3.8) is 0 Å². The maximum atomic E-state index is 12.7. The van der Waals surface area contributed by atoms with Crippen molar-refractivity contribution in [2.45, 2.75) is 52.9 Å². The number of benzene rings is 1. The fraction of sp³-hybridized carbons (Fsp3) is 0.346. The zero-order chi connectivity index (χ0) is 24.5. The molecule has 0 aliphatic rings. The van der Waals surface area contributed by atoms with Crippen LogP contribution in [0, 0.1) is 13.8 Å². The lowest BCUT2D eigenvalue weighted by Crippen LogP contribution is -2.09. The summed E-state index contributed by atoms with van der Waals surface area (Å²) in [6, 6.07) is 8.16. The topological polar surface area (TPSA) is 85.6 Å². The van der Waals surface area contributed by atoms with E-state index in [1.165, 1.54) is 11.3 Å². The molecule has 0 aliphatic heterocycles. The number of carbonyl (C=O) groups excluding carboxylic acids is 1. The van der Waals surface area contributed by atoms with Crippen molar-refractivity contribution in [2.75, 3.05) is 5.32 Å². The predicted molar refractivity (Wildman–Crippen MR) is 137 cm³/mol. The van der Waals surface area contributed by atoms with Gasteiger partial charge in [0.15, 0.2) is 5.78 Å². The highest BCUT2D eigenvalue weighted by Crippen LogP contribution is 2.28. The van der Waals surface area contributed by atoms with E-state index in [4.69, 9.17) is 0 Å². The molecule has 8 heteroatoms. The highest BCUT2D eigenvalue weighted by Gasteiger charge is 2.20. The molecule has 7 nitrogen and oxygen atoms in total. The number of aromatic nitrogens is 5. The van der Waals surface area contributed by atoms with E-state index in [-0.39, 0.29) is 11.2 Å². The number of nitrogens with one attached hydrogen (secondary N) is 1. The van der Waals surface area contributed by atoms with Gasteiger partial charge in [-0.3, -0.25) is 9.48 Å². The SMILES string of the molecule is Cc1cc(-c2ccnc(Nc3cn(C)nc3C)n2)ccc1CCC(=O)c1cnc(C(C)(C)C)s1. The van der Waals surface area contributed by atoms with Gasteiger partial charge in [-0.1, -0.05) is 32.9 Å². The van der Waals surface area contributed by atoms with E-state index < -0.39 is 0 Å². The Labute approximate surface area is 204 Å². The molecule has 0 amide bonds. The van der Waals surface area contributed by atoms with Crippen molar-refractivity contribution >= 4 is 28.8 Å². The van der Waals surface area contributed by atoms with E-state index in [9.17, 15) is 4.79 Å². The lowest BCUT2D eigenvalue weighted by atomic mass is 9.98. The molecule has 0 radical (unpaired) electrons. The number of thiazole rings is 1. The average molecular weight is 475 g/mol. The molecule has 0 aliphatic carbocycles. The average Bonchev–Trinajstić information content (AvgIpc) is 3.40. The van der Waals surface area contributed by atoms with Crippen LogP contribution in [0.4, 0.5) is 11.6 Å². The number of rotatable bonds is 7. The van der Waals surface area contributed by atoms with Gasteiger partial charge in [0, 0.05) is 43.0 Å². The summed E-state index contributed by atoms with van der Waals surface area (Å²) in [6.45, 7) is 10.4. The third-order valence-corrected chi connectivity index (χ3v) is 7.06. The Hall–Kier alpha value is -3.39. The quantitative estimate of drug-likeness (QED) is 0.340. The second-order valence-electron chi connectivity index (χ2n) is 9.54. The number of aryl methyl sites for hydroxylation is 4. The van der Waals surface area contributed by atoms with Crippen molar-refractivity contribution in [3.8, 4) is 11.3 Å². The number of hydrogen-bond donors (Lipinski definition) is 1. The minimum Gasteiger partial charge on any atom is -0.321 e. The minimum absolute atomic E-state index is 0.0389. The van der Waals surface area contributed by atoms with Gasteiger partial charge < -0.3 is 5.32 Å². The maximum Gasteiger partial charge on any atom is 0.227 e. The number of anilines is 2. The largest absolute Gasteiger partial charge is 0.321 e. The van der Waals surface area contributed by atoms with Crippen molar-refractivity contribution in [1.29, 1.82) is 0 Å². The second kappa shape index (κ2) is 9.46. The molecule has 34 heavy (non-hydrogen) atoms. The van der Waals surface area contributed by atoms with Crippen LogP contribution in [0.1, 0.15) is 58.7 Å². The van der Waals surface area contributed by atoms with Crippen LogP contribution in [0.3, 0.4) is 0 Å². The van der Waals surface area contributed by atoms with Crippen molar-refractivity contribution in [3.05, 3.63) is 69.6 Å². The van der Waals surface area contributed by atoms with Gasteiger partial charge in [-0.15, -0.1) is 11.3 Å². The third kappa shape index (κ3) is 5.39. The molecule has 0 unspecified atom stereocenters. The predicted octanol–water partition coefficient (Wildman–Crippen LogP) is 5.81. The highest BCUT2D eigenvalue weighted by molar-refractivity contribution is 7.13. The van der Waals surface area contributed by atoms with Gasteiger partial charge in [-0.2, -0.15) is 5.10 Å². The first kappa shape index (κ1) is 23.8. The van der Waals surface area contributed by atoms with Gasteiger partial charge in [0.1, 0.15) is 0 Å². The van der Waals surface area contributed by atoms with E-state index in [2.05, 4.69) is 71.3 Å². The number of nitrogens with zero attached hydrogens (tertiary/aromatic N) is 5. The summed E-state index contributed by atoms with van der Waals surface area (Å²) < 4.78 is 1.76. The molecule has 1 N–H and O–H groups in total. The molecular formula is C26H30N6OS. The summed E-state index contributed by atoms with van der Waals surface area (Å²) >= 11 is 1.50. The van der Waals surface area contributed by atoms with E-state index in [0.717, 1.165) is 43.7 Å². The Morgan fingerprint density at radius 3 is 2.59 bits per heavy atom. The van der Waals surface area contributed by atoms with Crippen LogP contribution in [0.15, 0.2) is 42.9 Å². The summed E-state index contributed by atoms with van der Waals surface area (Å²) in [7, 11) is 1.88. The van der Waals surface area contributed by atoms with Gasteiger partial charge in [0.05, 0.1) is 27.0 Å². The lowest BCUT2D eigenvalue weighted by Gasteiger charge is -2.13. The normalized spacial score (nSPS) is 11.6. The molecule has 0 atom stereocenters. The Bertz CT molecular complexity index is 1330. The summed E-state index contributed by atoms with van der Waals surface area (Å²) in [5.74, 6) is 0.675. The first-order chi connectivity index (χ1) is 16.1. The van der Waals surface area contributed by atoms with Gasteiger partial charge >= 0.3 is 0 Å². The Balaban J connectivity index is 1.44. The molecule has 176 valence electrons. The van der Waals surface area contributed by atoms with Crippen molar-refractivity contribution in [1.82, 2.24) is 24.7 Å². The molecular weight excluding hydrogens is 444 g/mol. The van der Waals surface area contributed by atoms with Gasteiger partial charge in [0.2, 0.25) is 5.95 Å². The Kier molecular flexibility index (Phi) is 6.61. The zero-order valence-electron chi connectivity index (χ0n) is 20.5. The van der Waals surface area contributed by atoms with Crippen LogP contribution >= 0.6 is 11.3 Å². The standard InChI is InChI=1S/C26H30N6OS/c1-16-13-19(20-11-12-27-25(29-20)30-21-15-32(6)31-17(21)2)8-7-18(16)9-10-22(33)23-14-28-24(34-23)26(3,4)5/h7-8,11-15H,9-10H2,1-6H3,(H,27,29,30). The first-order valence-electron chi connectivity index (χ1n) is 11.3. The number of hydrogen-bond acceptors (Lipinski definition) is 7. The Morgan fingerprint density at radius 2 is 1.94 bits per heavy atom. The molecule has 0 saturated carbocycles. The summed E-state index contributed by atoms with van der Waals surface area (Å²) in [6.07, 6.45) is 6.54. The number of ketones is 1. The van der Waals surface area contributed by atoms with E-state index >= 15 is 0 Å². The van der Waals surface area contributed by atoms with Crippen LogP contribution < -0.4 is 5.32 Å². The molecule has 1 aromatic carbocycles. The molecule has 4 aromatic rings. The fourth-order valence-electron chi connectivity index (χ4n) is 3.68. The summed E-state index contributed by atoms with van der Waals surface area (Å²) in [4.78, 5) is 26.9. The maximum absolute atomic E-state index is 12.7. The molecule has 0 spiro atoms. The van der Waals surface area contributed by atoms with Crippen LogP contribution in [0.5, 0.6) is 0 Å². The molecule has 4 rings (SSSR count). The van der Waals surface area contributed by atoms with E-state index in [1.54, 1.807) is 17.1 Å². The number of carbonyl (C=O) groups is 1. The second-order valence-corrected chi connectivity index (χ2v) is 10.6. The van der Waals surface area contributed by atoms with Crippen LogP contribution in [0.2, 0.25) is 0 Å². The van der Waals surface area contributed by atoms with Gasteiger partial charge in [-0.05, 0) is 43.5 Å². The lowest BCUT2D eigenvalue weighted by molar-refractivity contribution is 0.0986. The highest BCUT2D eigenvalue weighted by atomic mass is 32.1. The van der Waals surface area contributed by atoms with Crippen LogP contribution in [0.25, 0.3) is 11.3 Å². The van der Waals surface area contributed by atoms with Crippen LogP contribution in [-0.4, -0.2) is 30.5 Å². The van der Waals surface area contributed by atoms with E-state index in [1.807, 2.05) is 26.2 Å². The smallest absolute Gasteiger partial charge is 0.227 e. The van der Waals surface area contributed by atoms with Gasteiger partial charge in [-0.25, -0.2) is 15.0 Å². The molecule has 0 bridgehead atoms. The Morgan fingerprint density at radius 1 is 1.15 bits per heavy atom. The zero-order valence-corrected chi connectivity index (χ0v) is 21.3. The third-order valence-electron chi connectivity index (χ3n) is 5.60. The summed E-state index contributed by atoms with van der Waals surface area (Å²) in [5.41, 5.74) is 5.88. The molecule has 3 aromatic heterocycles. The molecule has 0 fully saturated rings. The molecule has 0 saturated heterocycles. The summed E-state index contributed by atoms with van der Waals surface area (Å²) in [5, 5.41) is 8.58. The molecule has 3 heterocycles. The van der Waals surface area contributed by atoms with Crippen molar-refractivity contribution in [2.24, 2.45) is 7.05 Å². The number of Topliss-reactive ketones (excluding diaryl/α,β-unsaturated/α-hetero) is 1. The fourth-order valence-corrected chi connectivity index (χ4v) is 4.62. The van der Waals surface area contributed by atoms with E-state index in [0.29, 0.717) is 18.8 Å². The van der Waals surface area contributed by atoms with Crippen LogP contribution in [-0.2, 0) is 18.9 Å².